The summed E-state index contributed by atoms with van der Waals surface area (Å²) in [5.74, 6) is 0.200. The fraction of sp³-hybridized carbons (Fsp3) is 0.200. The lowest BCUT2D eigenvalue weighted by molar-refractivity contribution is 0.102. The van der Waals surface area contributed by atoms with E-state index >= 15 is 0 Å². The summed E-state index contributed by atoms with van der Waals surface area (Å²) in [6.07, 6.45) is 0. The molecule has 0 spiro atoms. The molecule has 2 aromatic rings. The van der Waals surface area contributed by atoms with Gasteiger partial charge in [0.1, 0.15) is 16.8 Å². The van der Waals surface area contributed by atoms with Crippen LogP contribution in [0.15, 0.2) is 18.2 Å². The number of anilines is 1. The van der Waals surface area contributed by atoms with E-state index in [0.29, 0.717) is 26.9 Å². The average Bonchev–Trinajstić information content (AvgIpc) is 2.73. The minimum Gasteiger partial charge on any atom is -0.495 e. The molecule has 0 aliphatic rings. The summed E-state index contributed by atoms with van der Waals surface area (Å²) in [4.78, 5) is 13.3. The molecule has 4 nitrogen and oxygen atoms in total. The molecule has 1 aromatic heterocycles. The van der Waals surface area contributed by atoms with Crippen LogP contribution in [0.25, 0.3) is 0 Å². The molecule has 0 saturated heterocycles. The summed E-state index contributed by atoms with van der Waals surface area (Å²) in [6, 6.07) is 6.91. The number of thiophene rings is 1. The van der Waals surface area contributed by atoms with E-state index in [1.165, 1.54) is 24.5 Å². The van der Waals surface area contributed by atoms with Gasteiger partial charge in [-0.3, -0.25) is 4.79 Å². The van der Waals surface area contributed by atoms with Crippen molar-refractivity contribution in [1.29, 1.82) is 5.26 Å². The van der Waals surface area contributed by atoms with Gasteiger partial charge in [0, 0.05) is 10.4 Å². The van der Waals surface area contributed by atoms with Crippen molar-refractivity contribution in [2.24, 2.45) is 0 Å². The Balaban J connectivity index is 2.29. The lowest BCUT2D eigenvalue weighted by Gasteiger charge is -2.06. The van der Waals surface area contributed by atoms with Crippen LogP contribution in [0.3, 0.4) is 0 Å². The van der Waals surface area contributed by atoms with Gasteiger partial charge < -0.3 is 10.1 Å². The van der Waals surface area contributed by atoms with Gasteiger partial charge in [-0.2, -0.15) is 5.26 Å². The second-order valence-corrected chi connectivity index (χ2v) is 6.03. The van der Waals surface area contributed by atoms with Crippen molar-refractivity contribution in [2.45, 2.75) is 13.8 Å². The molecule has 21 heavy (non-hydrogen) atoms. The van der Waals surface area contributed by atoms with Crippen molar-refractivity contribution in [2.75, 3.05) is 12.4 Å². The number of nitrogens with zero attached hydrogens (tertiary/aromatic N) is 1. The molecule has 0 unspecified atom stereocenters. The number of benzene rings is 1. The normalized spacial score (nSPS) is 10.0. The number of halogens is 1. The fourth-order valence-electron chi connectivity index (χ4n) is 1.83. The van der Waals surface area contributed by atoms with E-state index in [0.717, 1.165) is 10.4 Å². The molecule has 1 heterocycles. The molecule has 0 fully saturated rings. The zero-order valence-electron chi connectivity index (χ0n) is 11.8. The first kappa shape index (κ1) is 15.4. The van der Waals surface area contributed by atoms with Crippen LogP contribution in [-0.4, -0.2) is 13.0 Å². The Labute approximate surface area is 131 Å². The molecule has 1 aromatic carbocycles. The Kier molecular flexibility index (Phi) is 4.51. The number of nitrogens with one attached hydrogen (secondary N) is 1. The largest absolute Gasteiger partial charge is 0.495 e. The van der Waals surface area contributed by atoms with Gasteiger partial charge in [-0.1, -0.05) is 11.6 Å². The van der Waals surface area contributed by atoms with Gasteiger partial charge in [0.25, 0.3) is 5.91 Å². The standard InChI is InChI=1S/C15H13ClN2O2S/c1-8-9(2)21-15(11(8)7-17)18-14(19)10-4-5-13(20-3)12(16)6-10/h4-6H,1-3H3,(H,18,19). The van der Waals surface area contributed by atoms with Crippen molar-refractivity contribution < 1.29 is 9.53 Å². The number of hydrogen-bond acceptors (Lipinski definition) is 4. The third-order valence-electron chi connectivity index (χ3n) is 3.14. The number of carbonyl (C=O) groups is 1. The first-order chi connectivity index (χ1) is 9.97. The summed E-state index contributed by atoms with van der Waals surface area (Å²) in [5.41, 5.74) is 1.81. The summed E-state index contributed by atoms with van der Waals surface area (Å²) in [5, 5.41) is 12.9. The molecule has 108 valence electrons. The topological polar surface area (TPSA) is 62.1 Å². The monoisotopic (exact) mass is 320 g/mol. The molecule has 0 saturated carbocycles. The highest BCUT2D eigenvalue weighted by Gasteiger charge is 2.16. The zero-order chi connectivity index (χ0) is 15.6. The number of ether oxygens (including phenoxy) is 1. The zero-order valence-corrected chi connectivity index (χ0v) is 13.4. The maximum atomic E-state index is 12.2. The highest BCUT2D eigenvalue weighted by molar-refractivity contribution is 7.16. The van der Waals surface area contributed by atoms with E-state index in [2.05, 4.69) is 11.4 Å². The third-order valence-corrected chi connectivity index (χ3v) is 4.56. The molecule has 2 rings (SSSR count). The lowest BCUT2D eigenvalue weighted by atomic mass is 10.1. The summed E-state index contributed by atoms with van der Waals surface area (Å²) in [6.45, 7) is 3.78. The Bertz CT molecular complexity index is 747. The number of hydrogen-bond donors (Lipinski definition) is 1. The molecule has 0 bridgehead atoms. The molecule has 0 aliphatic carbocycles. The van der Waals surface area contributed by atoms with Crippen LogP contribution in [0.5, 0.6) is 5.75 Å². The molecule has 1 N–H and O–H groups in total. The van der Waals surface area contributed by atoms with E-state index in [1.54, 1.807) is 12.1 Å². The number of carbonyl (C=O) groups excluding carboxylic acids is 1. The smallest absolute Gasteiger partial charge is 0.256 e. The van der Waals surface area contributed by atoms with Crippen molar-refractivity contribution in [3.05, 3.63) is 44.8 Å². The lowest BCUT2D eigenvalue weighted by Crippen LogP contribution is -2.11. The summed E-state index contributed by atoms with van der Waals surface area (Å²) >= 11 is 7.40. The molecule has 6 heteroatoms. The van der Waals surface area contributed by atoms with Crippen LogP contribution in [-0.2, 0) is 0 Å². The summed E-state index contributed by atoms with van der Waals surface area (Å²) < 4.78 is 5.05. The van der Waals surface area contributed by atoms with Crippen LogP contribution >= 0.6 is 22.9 Å². The number of aryl methyl sites for hydroxylation is 1. The Morgan fingerprint density at radius 3 is 2.71 bits per heavy atom. The van der Waals surface area contributed by atoms with Gasteiger partial charge in [-0.05, 0) is 37.6 Å². The van der Waals surface area contributed by atoms with Crippen molar-refractivity contribution >= 4 is 33.8 Å². The Hall–Kier alpha value is -2.03. The second kappa shape index (κ2) is 6.17. The van der Waals surface area contributed by atoms with E-state index in [4.69, 9.17) is 16.3 Å². The SMILES string of the molecule is COc1ccc(C(=O)Nc2sc(C)c(C)c2C#N)cc1Cl. The van der Waals surface area contributed by atoms with Crippen LogP contribution in [0.4, 0.5) is 5.00 Å². The fourth-order valence-corrected chi connectivity index (χ4v) is 3.10. The van der Waals surface area contributed by atoms with Crippen LogP contribution < -0.4 is 10.1 Å². The van der Waals surface area contributed by atoms with Crippen molar-refractivity contribution in [3.63, 3.8) is 0 Å². The van der Waals surface area contributed by atoms with Gasteiger partial charge in [0.05, 0.1) is 17.7 Å². The Morgan fingerprint density at radius 2 is 2.14 bits per heavy atom. The van der Waals surface area contributed by atoms with Crippen molar-refractivity contribution in [3.8, 4) is 11.8 Å². The first-order valence-corrected chi connectivity index (χ1v) is 7.32. The second-order valence-electron chi connectivity index (χ2n) is 4.40. The maximum Gasteiger partial charge on any atom is 0.256 e. The van der Waals surface area contributed by atoms with Crippen LogP contribution in [0.2, 0.25) is 5.02 Å². The van der Waals surface area contributed by atoms with E-state index in [9.17, 15) is 10.1 Å². The third kappa shape index (κ3) is 3.02. The quantitative estimate of drug-likeness (QED) is 0.924. The average molecular weight is 321 g/mol. The maximum absolute atomic E-state index is 12.2. The Morgan fingerprint density at radius 1 is 1.43 bits per heavy atom. The first-order valence-electron chi connectivity index (χ1n) is 6.13. The van der Waals surface area contributed by atoms with Crippen LogP contribution in [0.1, 0.15) is 26.4 Å². The van der Waals surface area contributed by atoms with Crippen molar-refractivity contribution in [1.82, 2.24) is 0 Å². The predicted octanol–water partition coefficient (Wildman–Crippen LogP) is 4.15. The number of rotatable bonds is 3. The molecular weight excluding hydrogens is 308 g/mol. The molecule has 0 radical (unpaired) electrons. The minimum absolute atomic E-state index is 0.308. The van der Waals surface area contributed by atoms with Gasteiger partial charge in [0.2, 0.25) is 0 Å². The predicted molar refractivity (Wildman–Crippen MR) is 84.5 cm³/mol. The van der Waals surface area contributed by atoms with E-state index in [-0.39, 0.29) is 5.91 Å². The number of methoxy groups -OCH3 is 1. The number of nitriles is 1. The van der Waals surface area contributed by atoms with E-state index in [1.807, 2.05) is 13.8 Å². The molecule has 1 amide bonds. The van der Waals surface area contributed by atoms with Gasteiger partial charge in [-0.15, -0.1) is 11.3 Å². The number of amides is 1. The highest BCUT2D eigenvalue weighted by atomic mass is 35.5. The highest BCUT2D eigenvalue weighted by Crippen LogP contribution is 2.32. The van der Waals surface area contributed by atoms with Crippen LogP contribution in [0, 0.1) is 25.2 Å². The summed E-state index contributed by atoms with van der Waals surface area (Å²) in [7, 11) is 1.51. The van der Waals surface area contributed by atoms with E-state index < -0.39 is 0 Å². The molecular formula is C15H13ClN2O2S. The van der Waals surface area contributed by atoms with Gasteiger partial charge in [-0.25, -0.2) is 0 Å². The van der Waals surface area contributed by atoms with Gasteiger partial charge >= 0.3 is 0 Å². The molecule has 0 aliphatic heterocycles. The minimum atomic E-state index is -0.308. The van der Waals surface area contributed by atoms with Gasteiger partial charge in [0.15, 0.2) is 0 Å². The molecule has 0 atom stereocenters.